The highest BCUT2D eigenvalue weighted by atomic mass is 16.5. The van der Waals surface area contributed by atoms with E-state index in [1.807, 2.05) is 14.1 Å². The lowest BCUT2D eigenvalue weighted by Crippen LogP contribution is -2.61. The molecule has 9 heteroatoms. The lowest BCUT2D eigenvalue weighted by atomic mass is 9.83. The van der Waals surface area contributed by atoms with Gasteiger partial charge in [0.15, 0.2) is 0 Å². The number of esters is 2. The summed E-state index contributed by atoms with van der Waals surface area (Å²) < 4.78 is 11.4. The lowest BCUT2D eigenvalue weighted by Gasteiger charge is -2.43. The molecule has 0 aliphatic carbocycles. The molecule has 2 amide bonds. The minimum absolute atomic E-state index is 0.166. The number of allylic oxidation sites excluding steroid dienone is 6. The van der Waals surface area contributed by atoms with Crippen LogP contribution < -0.4 is 5.32 Å². The second-order valence-corrected chi connectivity index (χ2v) is 24.1. The highest BCUT2D eigenvalue weighted by Crippen LogP contribution is 2.31. The van der Waals surface area contributed by atoms with Gasteiger partial charge in [-0.2, -0.15) is 0 Å². The predicted octanol–water partition coefficient (Wildman–Crippen LogP) is 20.2. The maximum absolute atomic E-state index is 14.8. The number of rotatable bonds is 62. The van der Waals surface area contributed by atoms with Gasteiger partial charge in [0.25, 0.3) is 0 Å². The second-order valence-electron chi connectivity index (χ2n) is 24.1. The summed E-state index contributed by atoms with van der Waals surface area (Å²) in [7, 11) is 4.03. The zero-order valence-corrected chi connectivity index (χ0v) is 54.0. The first-order valence-corrected chi connectivity index (χ1v) is 34.6. The number of carbonyl (C=O) groups excluding carboxylic acids is 4. The first-order valence-electron chi connectivity index (χ1n) is 34.6. The Morgan fingerprint density at radius 2 is 0.675 bits per heavy atom. The van der Waals surface area contributed by atoms with E-state index in [9.17, 15) is 19.2 Å². The van der Waals surface area contributed by atoms with Gasteiger partial charge < -0.3 is 24.6 Å². The van der Waals surface area contributed by atoms with Crippen molar-refractivity contribution in [3.63, 3.8) is 0 Å². The van der Waals surface area contributed by atoms with Crippen LogP contribution in [-0.2, 0) is 28.7 Å². The van der Waals surface area contributed by atoms with Crippen molar-refractivity contribution in [3.05, 3.63) is 36.5 Å². The Balaban J connectivity index is 5.30. The van der Waals surface area contributed by atoms with Crippen molar-refractivity contribution in [2.45, 2.75) is 348 Å². The molecule has 0 bridgehead atoms. The Labute approximate surface area is 496 Å². The summed E-state index contributed by atoms with van der Waals surface area (Å²) in [5.41, 5.74) is -1.20. The third-order valence-corrected chi connectivity index (χ3v) is 16.1. The zero-order chi connectivity index (χ0) is 58.5. The minimum Gasteiger partial charge on any atom is -0.466 e. The van der Waals surface area contributed by atoms with Crippen LogP contribution in [0.3, 0.4) is 0 Å². The van der Waals surface area contributed by atoms with Gasteiger partial charge in [-0.05, 0) is 149 Å². The summed E-state index contributed by atoms with van der Waals surface area (Å²) in [6.07, 6.45) is 68.2. The molecule has 9 nitrogen and oxygen atoms in total. The summed E-state index contributed by atoms with van der Waals surface area (Å²) in [6.45, 7) is 10.9. The maximum atomic E-state index is 14.8. The Hall–Kier alpha value is -2.94. The summed E-state index contributed by atoms with van der Waals surface area (Å²) in [5, 5.41) is 3.27. The third-order valence-electron chi connectivity index (χ3n) is 16.1. The van der Waals surface area contributed by atoms with Gasteiger partial charge in [-0.1, -0.05) is 231 Å². The fourth-order valence-corrected chi connectivity index (χ4v) is 11.0. The van der Waals surface area contributed by atoms with Crippen LogP contribution in [-0.4, -0.2) is 86.0 Å². The van der Waals surface area contributed by atoms with Crippen molar-refractivity contribution in [3.8, 4) is 0 Å². The van der Waals surface area contributed by atoms with Gasteiger partial charge in [0.2, 0.25) is 11.8 Å². The molecule has 0 aliphatic heterocycles. The molecule has 0 spiro atoms. The van der Waals surface area contributed by atoms with E-state index in [0.29, 0.717) is 58.4 Å². The molecule has 0 aromatic heterocycles. The van der Waals surface area contributed by atoms with Gasteiger partial charge in [-0.15, -0.1) is 0 Å². The van der Waals surface area contributed by atoms with Gasteiger partial charge >= 0.3 is 11.9 Å². The fourth-order valence-electron chi connectivity index (χ4n) is 11.0. The molecule has 0 radical (unpaired) electrons. The second kappa shape index (κ2) is 60.6. The number of nitrogens with zero attached hydrogens (tertiary/aromatic N) is 2. The van der Waals surface area contributed by atoms with Gasteiger partial charge in [-0.25, -0.2) is 0 Å². The normalized spacial score (nSPS) is 12.0. The van der Waals surface area contributed by atoms with Crippen molar-refractivity contribution >= 4 is 23.8 Å². The third kappa shape index (κ3) is 50.8. The van der Waals surface area contributed by atoms with Crippen molar-refractivity contribution in [1.29, 1.82) is 0 Å². The number of nitrogens with one attached hydrogen (secondary N) is 1. The molecular weight excluding hydrogens is 991 g/mol. The van der Waals surface area contributed by atoms with E-state index < -0.39 is 5.54 Å². The minimum atomic E-state index is -1.20. The maximum Gasteiger partial charge on any atom is 0.305 e. The molecule has 0 unspecified atom stereocenters. The molecule has 0 aromatic rings. The summed E-state index contributed by atoms with van der Waals surface area (Å²) >= 11 is 0. The average Bonchev–Trinajstić information content (AvgIpc) is 3.56. The van der Waals surface area contributed by atoms with Crippen molar-refractivity contribution in [2.75, 3.05) is 46.9 Å². The van der Waals surface area contributed by atoms with Crippen molar-refractivity contribution < 1.29 is 28.7 Å². The monoisotopic (exact) mass is 1120 g/mol. The Kier molecular flexibility index (Phi) is 58.4. The largest absolute Gasteiger partial charge is 0.466 e. The number of hydrogen-bond acceptors (Lipinski definition) is 7. The van der Waals surface area contributed by atoms with E-state index in [2.05, 4.69) is 67.4 Å². The van der Waals surface area contributed by atoms with E-state index >= 15 is 0 Å². The molecule has 80 heavy (non-hydrogen) atoms. The SMILES string of the molecule is CCCCCCCC/C=C\CCCCCCCCNC(=O)C(CCCC(=O)OCCCCCCCC/C=C\CCCCCCCC)(CCCC(=O)OCCCCCCCC/C=C\CCCCCCCC)N(CCCN(C)C)C(C)=O. The number of hydrogen-bond donors (Lipinski definition) is 1. The summed E-state index contributed by atoms with van der Waals surface area (Å²) in [5.74, 6) is -0.859. The van der Waals surface area contributed by atoms with E-state index in [4.69, 9.17) is 9.47 Å². The number of amides is 2. The molecule has 0 aromatic carbocycles. The van der Waals surface area contributed by atoms with Gasteiger partial charge in [0.05, 0.1) is 13.2 Å². The van der Waals surface area contributed by atoms with E-state index in [1.54, 1.807) is 11.8 Å². The van der Waals surface area contributed by atoms with Crippen LogP contribution in [0.15, 0.2) is 36.5 Å². The van der Waals surface area contributed by atoms with Gasteiger partial charge in [0, 0.05) is 32.9 Å². The molecule has 0 saturated heterocycles. The molecule has 468 valence electrons. The van der Waals surface area contributed by atoms with E-state index in [0.717, 1.165) is 70.8 Å². The molecule has 1 N–H and O–H groups in total. The summed E-state index contributed by atoms with van der Waals surface area (Å²) in [4.78, 5) is 58.6. The molecule has 0 heterocycles. The van der Waals surface area contributed by atoms with Crippen LogP contribution in [0.2, 0.25) is 0 Å². The molecule has 0 atom stereocenters. The van der Waals surface area contributed by atoms with Crippen molar-refractivity contribution in [2.24, 2.45) is 0 Å². The van der Waals surface area contributed by atoms with Crippen LogP contribution in [0.1, 0.15) is 342 Å². The number of ether oxygens (including phenoxy) is 2. The van der Waals surface area contributed by atoms with Crippen LogP contribution in [0.25, 0.3) is 0 Å². The Morgan fingerprint density at radius 1 is 0.375 bits per heavy atom. The predicted molar refractivity (Wildman–Crippen MR) is 344 cm³/mol. The molecular formula is C71H133N3O6. The Bertz CT molecular complexity index is 1410. The first kappa shape index (κ1) is 77.1. The quantitative estimate of drug-likeness (QED) is 0.0367. The molecule has 0 aliphatic rings. The smallest absolute Gasteiger partial charge is 0.305 e. The van der Waals surface area contributed by atoms with Crippen LogP contribution in [0.4, 0.5) is 0 Å². The highest BCUT2D eigenvalue weighted by Gasteiger charge is 2.44. The van der Waals surface area contributed by atoms with Gasteiger partial charge in [-0.3, -0.25) is 19.2 Å². The number of carbonyl (C=O) groups is 4. The fraction of sp³-hybridized carbons (Fsp3) is 0.859. The van der Waals surface area contributed by atoms with Crippen LogP contribution in [0, 0.1) is 0 Å². The standard InChI is InChI=1S/C71H133N3O6/c1-7-10-13-16-19-22-25-28-31-34-37-40-43-46-49-52-62-72-70(78)71(74(67(4)75)64-57-63-73(5)6,60-55-58-68(76)79-65-53-50-47-44-41-38-35-32-29-26-23-20-17-14-11-8-2)61-56-59-69(77)80-66-54-51-48-45-42-39-36-33-30-27-24-21-18-15-12-9-3/h28-33H,7-27,34-66H2,1-6H3,(H,72,78)/b31-28-,32-29-,33-30-. The van der Waals surface area contributed by atoms with Crippen LogP contribution in [0.5, 0.6) is 0 Å². The van der Waals surface area contributed by atoms with Gasteiger partial charge in [0.1, 0.15) is 5.54 Å². The molecule has 0 saturated carbocycles. The van der Waals surface area contributed by atoms with E-state index in [1.165, 1.54) is 205 Å². The zero-order valence-electron chi connectivity index (χ0n) is 54.0. The van der Waals surface area contributed by atoms with E-state index in [-0.39, 0.29) is 36.6 Å². The average molecular weight is 1120 g/mol. The lowest BCUT2D eigenvalue weighted by molar-refractivity contribution is -0.149. The highest BCUT2D eigenvalue weighted by molar-refractivity contribution is 5.91. The topological polar surface area (TPSA) is 105 Å². The molecule has 0 rings (SSSR count). The van der Waals surface area contributed by atoms with Crippen LogP contribution >= 0.6 is 0 Å². The summed E-state index contributed by atoms with van der Waals surface area (Å²) in [6, 6.07) is 0. The molecule has 0 fully saturated rings. The Morgan fingerprint density at radius 3 is 0.988 bits per heavy atom. The number of unbranched alkanes of at least 4 members (excludes halogenated alkanes) is 36. The first-order chi connectivity index (χ1) is 39.1. The van der Waals surface area contributed by atoms with Crippen molar-refractivity contribution in [1.82, 2.24) is 15.1 Å².